The number of carbonyl (C=O) groups is 1. The third-order valence-electron chi connectivity index (χ3n) is 3.09. The van der Waals surface area contributed by atoms with E-state index in [0.717, 1.165) is 0 Å². The summed E-state index contributed by atoms with van der Waals surface area (Å²) in [6.45, 7) is 5.76. The zero-order valence-corrected chi connectivity index (χ0v) is 8.05. The van der Waals surface area contributed by atoms with Crippen LogP contribution in [0.5, 0.6) is 0 Å². The number of hydrogen-bond acceptors (Lipinski definition) is 3. The number of ketones is 1. The summed E-state index contributed by atoms with van der Waals surface area (Å²) in [4.78, 5) is 11.4. The molecule has 1 saturated carbocycles. The fraction of sp³-hybridized carbons (Fsp3) is 0.889. The lowest BCUT2D eigenvalue weighted by Gasteiger charge is -2.19. The lowest BCUT2D eigenvalue weighted by atomic mass is 9.88. The molecule has 0 amide bonds. The minimum atomic E-state index is -1.50. The van der Waals surface area contributed by atoms with Gasteiger partial charge in [0, 0.05) is 7.11 Å². The Hall–Kier alpha value is -0.410. The minimum Gasteiger partial charge on any atom is -0.359 e. The topological polar surface area (TPSA) is 46.5 Å². The molecular formula is C9H16O3. The number of aliphatic hydroxyl groups is 1. The van der Waals surface area contributed by atoms with Crippen LogP contribution in [0.2, 0.25) is 0 Å². The second-order valence-corrected chi connectivity index (χ2v) is 3.66. The third kappa shape index (κ3) is 0.756. The van der Waals surface area contributed by atoms with Crippen molar-refractivity contribution in [3.8, 4) is 0 Å². The second kappa shape index (κ2) is 2.54. The van der Waals surface area contributed by atoms with Crippen LogP contribution >= 0.6 is 0 Å². The van der Waals surface area contributed by atoms with E-state index in [1.54, 1.807) is 0 Å². The van der Waals surface area contributed by atoms with Gasteiger partial charge in [0.1, 0.15) is 0 Å². The van der Waals surface area contributed by atoms with Gasteiger partial charge >= 0.3 is 0 Å². The van der Waals surface area contributed by atoms with Crippen LogP contribution in [-0.4, -0.2) is 23.8 Å². The van der Waals surface area contributed by atoms with Crippen molar-refractivity contribution in [2.75, 3.05) is 7.11 Å². The summed E-state index contributed by atoms with van der Waals surface area (Å²) in [7, 11) is 1.37. The maximum atomic E-state index is 11.4. The molecule has 0 saturated heterocycles. The molecule has 0 aromatic heterocycles. The summed E-state index contributed by atoms with van der Waals surface area (Å²) in [6.07, 6.45) is 0.633. The largest absolute Gasteiger partial charge is 0.359 e. The van der Waals surface area contributed by atoms with Crippen LogP contribution in [-0.2, 0) is 9.53 Å². The Morgan fingerprint density at radius 2 is 2.08 bits per heavy atom. The van der Waals surface area contributed by atoms with E-state index in [0.29, 0.717) is 6.42 Å². The van der Waals surface area contributed by atoms with Crippen LogP contribution < -0.4 is 0 Å². The van der Waals surface area contributed by atoms with Crippen molar-refractivity contribution < 1.29 is 14.6 Å². The number of ether oxygens (including phenoxy) is 1. The summed E-state index contributed by atoms with van der Waals surface area (Å²) >= 11 is 0. The van der Waals surface area contributed by atoms with Gasteiger partial charge in [-0.1, -0.05) is 20.8 Å². The highest BCUT2D eigenvalue weighted by atomic mass is 16.6. The second-order valence-electron chi connectivity index (χ2n) is 3.66. The number of methoxy groups -OCH3 is 1. The van der Waals surface area contributed by atoms with Crippen molar-refractivity contribution in [3.05, 3.63) is 0 Å². The first-order chi connectivity index (χ1) is 5.47. The summed E-state index contributed by atoms with van der Waals surface area (Å²) in [5, 5.41) is 9.71. The van der Waals surface area contributed by atoms with Crippen molar-refractivity contribution in [1.82, 2.24) is 0 Å². The van der Waals surface area contributed by atoms with Crippen molar-refractivity contribution in [2.45, 2.75) is 33.0 Å². The first kappa shape index (κ1) is 9.68. The van der Waals surface area contributed by atoms with Crippen LogP contribution in [0.4, 0.5) is 0 Å². The molecule has 1 rings (SSSR count). The van der Waals surface area contributed by atoms with Gasteiger partial charge in [-0.05, 0) is 12.3 Å². The molecule has 0 aromatic rings. The van der Waals surface area contributed by atoms with Crippen LogP contribution in [0.15, 0.2) is 0 Å². The monoisotopic (exact) mass is 172 g/mol. The fourth-order valence-corrected chi connectivity index (χ4v) is 2.14. The average molecular weight is 172 g/mol. The van der Waals surface area contributed by atoms with Gasteiger partial charge < -0.3 is 9.84 Å². The van der Waals surface area contributed by atoms with E-state index >= 15 is 0 Å². The molecule has 0 heterocycles. The van der Waals surface area contributed by atoms with Crippen molar-refractivity contribution in [1.29, 1.82) is 0 Å². The standard InChI is InChI=1S/C9H16O3/c1-5-8(6(2)3)7(10)9(8,11)12-4/h6,11H,5H2,1-4H3. The quantitative estimate of drug-likeness (QED) is 0.645. The summed E-state index contributed by atoms with van der Waals surface area (Å²) in [5.74, 6) is -1.55. The van der Waals surface area contributed by atoms with Crippen molar-refractivity contribution in [2.24, 2.45) is 11.3 Å². The van der Waals surface area contributed by atoms with Gasteiger partial charge in [0.25, 0.3) is 0 Å². The van der Waals surface area contributed by atoms with Crippen LogP contribution in [0.1, 0.15) is 27.2 Å². The van der Waals surface area contributed by atoms with Gasteiger partial charge in [0.15, 0.2) is 0 Å². The average Bonchev–Trinajstić information content (AvgIpc) is 2.52. The van der Waals surface area contributed by atoms with Crippen LogP contribution in [0, 0.1) is 11.3 Å². The highest BCUT2D eigenvalue weighted by molar-refractivity contribution is 6.09. The molecule has 0 aliphatic heterocycles. The highest BCUT2D eigenvalue weighted by Gasteiger charge is 2.78. The Morgan fingerprint density at radius 1 is 1.58 bits per heavy atom. The first-order valence-electron chi connectivity index (χ1n) is 4.29. The van der Waals surface area contributed by atoms with Gasteiger partial charge in [-0.15, -0.1) is 0 Å². The van der Waals surface area contributed by atoms with Gasteiger partial charge in [0.05, 0.1) is 5.41 Å². The molecule has 0 aromatic carbocycles. The van der Waals surface area contributed by atoms with Crippen molar-refractivity contribution >= 4 is 5.78 Å². The Morgan fingerprint density at radius 3 is 2.17 bits per heavy atom. The first-order valence-corrected chi connectivity index (χ1v) is 4.29. The maximum Gasteiger partial charge on any atom is 0.240 e. The lowest BCUT2D eigenvalue weighted by molar-refractivity contribution is -0.152. The van der Waals surface area contributed by atoms with Gasteiger partial charge in [-0.25, -0.2) is 0 Å². The Kier molecular flexibility index (Phi) is 2.05. The predicted molar refractivity (Wildman–Crippen MR) is 44.5 cm³/mol. The van der Waals surface area contributed by atoms with Crippen molar-refractivity contribution in [3.63, 3.8) is 0 Å². The van der Waals surface area contributed by atoms with E-state index in [2.05, 4.69) is 0 Å². The Bertz CT molecular complexity index is 212. The molecule has 3 heteroatoms. The number of rotatable bonds is 3. The normalized spacial score (nSPS) is 40.7. The fourth-order valence-electron chi connectivity index (χ4n) is 2.14. The molecule has 70 valence electrons. The lowest BCUT2D eigenvalue weighted by Crippen LogP contribution is -2.26. The van der Waals surface area contributed by atoms with E-state index < -0.39 is 11.2 Å². The maximum absolute atomic E-state index is 11.4. The summed E-state index contributed by atoms with van der Waals surface area (Å²) < 4.78 is 4.84. The Labute approximate surface area is 72.7 Å². The predicted octanol–water partition coefficient (Wildman–Crippen LogP) is 0.956. The molecular weight excluding hydrogens is 156 g/mol. The van der Waals surface area contributed by atoms with E-state index in [-0.39, 0.29) is 11.7 Å². The zero-order valence-electron chi connectivity index (χ0n) is 8.05. The van der Waals surface area contributed by atoms with E-state index in [1.165, 1.54) is 7.11 Å². The zero-order chi connectivity index (χ0) is 9.57. The van der Waals surface area contributed by atoms with E-state index in [9.17, 15) is 9.90 Å². The van der Waals surface area contributed by atoms with E-state index in [4.69, 9.17) is 4.74 Å². The summed E-state index contributed by atoms with van der Waals surface area (Å²) in [5.41, 5.74) is -0.651. The molecule has 1 aliphatic carbocycles. The molecule has 12 heavy (non-hydrogen) atoms. The molecule has 1 aliphatic rings. The molecule has 1 fully saturated rings. The van der Waals surface area contributed by atoms with E-state index in [1.807, 2.05) is 20.8 Å². The third-order valence-corrected chi connectivity index (χ3v) is 3.09. The van der Waals surface area contributed by atoms with Gasteiger partial charge in [-0.2, -0.15) is 0 Å². The molecule has 0 bridgehead atoms. The molecule has 0 radical (unpaired) electrons. The smallest absolute Gasteiger partial charge is 0.240 e. The molecule has 3 nitrogen and oxygen atoms in total. The number of Topliss-reactive ketones (excluding diaryl/α,β-unsaturated/α-hetero) is 1. The number of hydrogen-bond donors (Lipinski definition) is 1. The molecule has 0 spiro atoms. The van der Waals surface area contributed by atoms with Crippen LogP contribution in [0.3, 0.4) is 0 Å². The SMILES string of the molecule is CCC1(C(C)C)C(=O)C1(O)OC. The molecule has 2 unspecified atom stereocenters. The Balaban J connectivity index is 2.95. The molecule has 1 N–H and O–H groups in total. The van der Waals surface area contributed by atoms with Gasteiger partial charge in [-0.3, -0.25) is 4.79 Å². The van der Waals surface area contributed by atoms with Gasteiger partial charge in [0.2, 0.25) is 11.6 Å². The minimum absolute atomic E-state index is 0.125. The summed E-state index contributed by atoms with van der Waals surface area (Å²) in [6, 6.07) is 0. The number of carbonyl (C=O) groups excluding carboxylic acids is 1. The molecule has 2 atom stereocenters. The highest BCUT2D eigenvalue weighted by Crippen LogP contribution is 2.59. The van der Waals surface area contributed by atoms with Crippen LogP contribution in [0.25, 0.3) is 0 Å².